The number of carbonyl (C=O) groups excluding carboxylic acids is 1. The fourth-order valence-electron chi connectivity index (χ4n) is 2.31. The molecule has 0 atom stereocenters. The number of fused-ring (bicyclic) bond motifs is 2. The molecule has 108 valence electrons. The number of aromatic nitrogens is 3. The third kappa shape index (κ3) is 2.79. The van der Waals surface area contributed by atoms with Gasteiger partial charge in [-0.2, -0.15) is 0 Å². The molecule has 2 N–H and O–H groups in total. The summed E-state index contributed by atoms with van der Waals surface area (Å²) < 4.78 is 4.92. The van der Waals surface area contributed by atoms with E-state index in [1.807, 2.05) is 24.3 Å². The van der Waals surface area contributed by atoms with Crippen LogP contribution in [-0.2, 0) is 16.0 Å². The van der Waals surface area contributed by atoms with Crippen molar-refractivity contribution in [3.05, 3.63) is 40.3 Å². The lowest BCUT2D eigenvalue weighted by molar-refractivity contribution is -0.143. The van der Waals surface area contributed by atoms with Crippen molar-refractivity contribution in [2.45, 2.75) is 19.8 Å². The van der Waals surface area contributed by atoms with Crippen LogP contribution in [0.2, 0.25) is 0 Å². The maximum Gasteiger partial charge on any atom is 0.325 e. The van der Waals surface area contributed by atoms with Gasteiger partial charge in [-0.15, -0.1) is 0 Å². The van der Waals surface area contributed by atoms with Gasteiger partial charge in [-0.25, -0.2) is 9.78 Å². The van der Waals surface area contributed by atoms with E-state index in [1.165, 1.54) is 0 Å². The number of carbonyl (C=O) groups is 1. The second kappa shape index (κ2) is 5.40. The molecule has 0 bridgehead atoms. The number of pyridine rings is 1. The third-order valence-corrected chi connectivity index (χ3v) is 3.28. The van der Waals surface area contributed by atoms with E-state index >= 15 is 0 Å². The number of esters is 1. The van der Waals surface area contributed by atoms with Crippen LogP contribution in [0.5, 0.6) is 0 Å². The molecule has 6 nitrogen and oxygen atoms in total. The minimum atomic E-state index is -0.268. The van der Waals surface area contributed by atoms with Crippen LogP contribution in [0.1, 0.15) is 18.9 Å². The zero-order valence-electron chi connectivity index (χ0n) is 11.6. The number of nitrogens with zero attached hydrogens (tertiary/aromatic N) is 1. The molecule has 2 heterocycles. The maximum absolute atomic E-state index is 11.4. The molecular formula is C15H15N3O3. The van der Waals surface area contributed by atoms with E-state index in [0.29, 0.717) is 30.6 Å². The Morgan fingerprint density at radius 3 is 2.95 bits per heavy atom. The largest absolute Gasteiger partial charge is 0.466 e. The van der Waals surface area contributed by atoms with Gasteiger partial charge in [0.25, 0.3) is 0 Å². The Morgan fingerprint density at radius 2 is 2.14 bits per heavy atom. The highest BCUT2D eigenvalue weighted by molar-refractivity contribution is 5.89. The summed E-state index contributed by atoms with van der Waals surface area (Å²) in [7, 11) is 0. The number of benzene rings is 1. The highest BCUT2D eigenvalue weighted by atomic mass is 16.5. The molecule has 0 aliphatic rings. The van der Waals surface area contributed by atoms with E-state index in [-0.39, 0.29) is 11.7 Å². The Hall–Kier alpha value is -2.63. The number of aryl methyl sites for hydroxylation is 1. The maximum atomic E-state index is 11.4. The summed E-state index contributed by atoms with van der Waals surface area (Å²) in [5.41, 5.74) is 2.80. The second-order valence-electron chi connectivity index (χ2n) is 4.80. The van der Waals surface area contributed by atoms with Crippen molar-refractivity contribution in [1.29, 1.82) is 0 Å². The first-order valence-corrected chi connectivity index (χ1v) is 6.83. The normalized spacial score (nSPS) is 11.1. The zero-order valence-corrected chi connectivity index (χ0v) is 11.6. The topological polar surface area (TPSA) is 87.8 Å². The minimum Gasteiger partial charge on any atom is -0.466 e. The van der Waals surface area contributed by atoms with Crippen LogP contribution in [-0.4, -0.2) is 27.5 Å². The summed E-state index contributed by atoms with van der Waals surface area (Å²) in [5, 5.41) is 0.930. The Kier molecular flexibility index (Phi) is 3.43. The summed E-state index contributed by atoms with van der Waals surface area (Å²) in [6.45, 7) is 2.20. The Bertz CT molecular complexity index is 863. The molecule has 0 saturated heterocycles. The fourth-order valence-corrected chi connectivity index (χ4v) is 2.31. The molecule has 0 spiro atoms. The fraction of sp³-hybridized carbons (Fsp3) is 0.267. The van der Waals surface area contributed by atoms with E-state index < -0.39 is 0 Å². The van der Waals surface area contributed by atoms with Crippen LogP contribution in [0.3, 0.4) is 0 Å². The van der Waals surface area contributed by atoms with Gasteiger partial charge in [-0.05, 0) is 37.1 Å². The lowest BCUT2D eigenvalue weighted by Gasteiger charge is -2.04. The molecule has 21 heavy (non-hydrogen) atoms. The number of rotatable bonds is 4. The highest BCUT2D eigenvalue weighted by Crippen LogP contribution is 2.18. The van der Waals surface area contributed by atoms with Crippen LogP contribution >= 0.6 is 0 Å². The SMILES string of the molecule is CCOC(=O)CCc1ccc2nc3[nH]c(=O)[nH]c3cc2c1. The van der Waals surface area contributed by atoms with E-state index in [9.17, 15) is 9.59 Å². The molecule has 0 amide bonds. The van der Waals surface area contributed by atoms with E-state index in [0.717, 1.165) is 16.5 Å². The number of hydrogen-bond donors (Lipinski definition) is 2. The summed E-state index contributed by atoms with van der Waals surface area (Å²) in [6.07, 6.45) is 0.979. The molecule has 3 aromatic rings. The average Bonchev–Trinajstić information content (AvgIpc) is 2.81. The molecule has 3 rings (SSSR count). The number of ether oxygens (including phenoxy) is 1. The molecule has 1 aromatic carbocycles. The molecule has 0 unspecified atom stereocenters. The van der Waals surface area contributed by atoms with Crippen molar-refractivity contribution >= 4 is 28.0 Å². The van der Waals surface area contributed by atoms with Gasteiger partial charge >= 0.3 is 11.7 Å². The van der Waals surface area contributed by atoms with Crippen molar-refractivity contribution < 1.29 is 9.53 Å². The van der Waals surface area contributed by atoms with Crippen LogP contribution in [0.25, 0.3) is 22.1 Å². The van der Waals surface area contributed by atoms with Crippen molar-refractivity contribution in [3.8, 4) is 0 Å². The molecular weight excluding hydrogens is 270 g/mol. The van der Waals surface area contributed by atoms with Gasteiger partial charge in [0.2, 0.25) is 0 Å². The number of aromatic amines is 2. The Labute approximate surface area is 120 Å². The van der Waals surface area contributed by atoms with Crippen molar-refractivity contribution in [2.24, 2.45) is 0 Å². The zero-order chi connectivity index (χ0) is 14.8. The van der Waals surface area contributed by atoms with Crippen molar-refractivity contribution in [1.82, 2.24) is 15.0 Å². The first kappa shape index (κ1) is 13.4. The van der Waals surface area contributed by atoms with Crippen LogP contribution in [0, 0.1) is 0 Å². The molecule has 2 aromatic heterocycles. The lowest BCUT2D eigenvalue weighted by atomic mass is 10.1. The van der Waals surface area contributed by atoms with Gasteiger partial charge in [0, 0.05) is 11.8 Å². The Morgan fingerprint density at radius 1 is 1.29 bits per heavy atom. The minimum absolute atomic E-state index is 0.193. The van der Waals surface area contributed by atoms with Gasteiger partial charge < -0.3 is 9.72 Å². The summed E-state index contributed by atoms with van der Waals surface area (Å²) in [6, 6.07) is 7.68. The molecule has 6 heteroatoms. The molecule has 0 saturated carbocycles. The predicted octanol–water partition coefficient (Wildman–Crippen LogP) is 1.90. The van der Waals surface area contributed by atoms with Crippen LogP contribution < -0.4 is 5.69 Å². The number of hydrogen-bond acceptors (Lipinski definition) is 4. The van der Waals surface area contributed by atoms with Crippen LogP contribution in [0.4, 0.5) is 0 Å². The van der Waals surface area contributed by atoms with Gasteiger partial charge in [0.05, 0.1) is 17.6 Å². The molecule has 0 radical (unpaired) electrons. The van der Waals surface area contributed by atoms with E-state index in [2.05, 4.69) is 15.0 Å². The van der Waals surface area contributed by atoms with Gasteiger partial charge in [-0.1, -0.05) is 6.07 Å². The number of nitrogens with one attached hydrogen (secondary N) is 2. The summed E-state index contributed by atoms with van der Waals surface area (Å²) >= 11 is 0. The van der Waals surface area contributed by atoms with Crippen molar-refractivity contribution in [2.75, 3.05) is 6.61 Å². The lowest BCUT2D eigenvalue weighted by Crippen LogP contribution is -2.05. The smallest absolute Gasteiger partial charge is 0.325 e. The number of H-pyrrole nitrogens is 2. The summed E-state index contributed by atoms with van der Waals surface area (Å²) in [5.74, 6) is -0.193. The summed E-state index contributed by atoms with van der Waals surface area (Å²) in [4.78, 5) is 32.4. The predicted molar refractivity (Wildman–Crippen MR) is 79.2 cm³/mol. The molecule has 0 aliphatic carbocycles. The monoisotopic (exact) mass is 285 g/mol. The second-order valence-corrected chi connectivity index (χ2v) is 4.80. The van der Waals surface area contributed by atoms with Gasteiger partial charge in [0.1, 0.15) is 0 Å². The average molecular weight is 285 g/mol. The first-order valence-electron chi connectivity index (χ1n) is 6.83. The third-order valence-electron chi connectivity index (χ3n) is 3.28. The van der Waals surface area contributed by atoms with Gasteiger partial charge in [0.15, 0.2) is 5.65 Å². The molecule has 0 aliphatic heterocycles. The first-order chi connectivity index (χ1) is 10.2. The Balaban J connectivity index is 1.90. The molecule has 0 fully saturated rings. The van der Waals surface area contributed by atoms with Gasteiger partial charge in [-0.3, -0.25) is 9.78 Å². The quantitative estimate of drug-likeness (QED) is 0.717. The van der Waals surface area contributed by atoms with Crippen LogP contribution in [0.15, 0.2) is 29.1 Å². The number of imidazole rings is 1. The standard InChI is InChI=1S/C15H15N3O3/c1-2-21-13(19)6-4-9-3-5-11-10(7-9)8-12-14(16-11)18-15(20)17-12/h3,5,7-8H,2,4,6H2,1H3,(H2,16,17,18,20). The highest BCUT2D eigenvalue weighted by Gasteiger charge is 2.06. The van der Waals surface area contributed by atoms with E-state index in [1.54, 1.807) is 6.92 Å². The van der Waals surface area contributed by atoms with Crippen molar-refractivity contribution in [3.63, 3.8) is 0 Å². The van der Waals surface area contributed by atoms with E-state index in [4.69, 9.17) is 4.74 Å².